The lowest BCUT2D eigenvalue weighted by molar-refractivity contribution is -0.0277. The summed E-state index contributed by atoms with van der Waals surface area (Å²) >= 11 is 0. The standard InChI is InChI=1S/C17H27NO/c1-14-7-9-15(10-8-14)16(13-18(2)3)17(19)11-5-4-6-12-17/h7-10,16,19H,4-6,11-13H2,1-3H3/t16-/m1/s1/i2D2. The van der Waals surface area contributed by atoms with Crippen LogP contribution < -0.4 is 0 Å². The predicted molar refractivity (Wildman–Crippen MR) is 80.5 cm³/mol. The fourth-order valence-electron chi connectivity index (χ4n) is 3.18. The fraction of sp³-hybridized carbons (Fsp3) is 0.647. The molecule has 1 aromatic carbocycles. The smallest absolute Gasteiger partial charge is 0.0728 e. The number of aryl methyl sites for hydroxylation is 1. The molecule has 0 bridgehead atoms. The third kappa shape index (κ3) is 3.58. The lowest BCUT2D eigenvalue weighted by Gasteiger charge is -2.40. The van der Waals surface area contributed by atoms with Crippen molar-refractivity contribution in [3.63, 3.8) is 0 Å². The number of likely N-dealkylation sites (N-methyl/N-ethyl adjacent to an activating group) is 1. The second-order valence-corrected chi connectivity index (χ2v) is 6.07. The highest BCUT2D eigenvalue weighted by atomic mass is 16.3. The van der Waals surface area contributed by atoms with E-state index in [2.05, 4.69) is 31.2 Å². The van der Waals surface area contributed by atoms with E-state index < -0.39 is 12.6 Å². The normalized spacial score (nSPS) is 22.2. The van der Waals surface area contributed by atoms with Crippen LogP contribution in [0.25, 0.3) is 0 Å². The minimum atomic E-state index is -0.995. The van der Waals surface area contributed by atoms with E-state index in [0.29, 0.717) is 6.54 Å². The van der Waals surface area contributed by atoms with Gasteiger partial charge in [-0.05, 0) is 39.4 Å². The first-order chi connectivity index (χ1) is 9.92. The highest BCUT2D eigenvalue weighted by Gasteiger charge is 2.38. The molecule has 1 fully saturated rings. The zero-order chi connectivity index (χ0) is 15.5. The molecule has 1 aromatic rings. The maximum absolute atomic E-state index is 11.1. The summed E-state index contributed by atoms with van der Waals surface area (Å²) in [5.41, 5.74) is 1.63. The molecule has 1 N–H and O–H groups in total. The Hall–Kier alpha value is -0.860. The summed E-state index contributed by atoms with van der Waals surface area (Å²) in [6.45, 7) is 1.62. The molecule has 0 aromatic heterocycles. The van der Waals surface area contributed by atoms with E-state index in [9.17, 15) is 5.11 Å². The Morgan fingerprint density at radius 1 is 1.26 bits per heavy atom. The van der Waals surface area contributed by atoms with Crippen molar-refractivity contribution in [1.29, 1.82) is 0 Å². The number of nitrogens with zero attached hydrogens (tertiary/aromatic N) is 1. The van der Waals surface area contributed by atoms with Crippen LogP contribution in [0.15, 0.2) is 24.3 Å². The molecule has 0 radical (unpaired) electrons. The van der Waals surface area contributed by atoms with Crippen LogP contribution >= 0.6 is 0 Å². The van der Waals surface area contributed by atoms with Crippen LogP contribution in [-0.2, 0) is 0 Å². The Bertz CT molecular complexity index is 441. The maximum atomic E-state index is 11.1. The number of aliphatic hydroxyl groups is 1. The lowest BCUT2D eigenvalue weighted by atomic mass is 9.72. The molecule has 19 heavy (non-hydrogen) atoms. The summed E-state index contributed by atoms with van der Waals surface area (Å²) in [6, 6.07) is 8.33. The Morgan fingerprint density at radius 3 is 2.47 bits per heavy atom. The van der Waals surface area contributed by atoms with Gasteiger partial charge < -0.3 is 10.0 Å². The van der Waals surface area contributed by atoms with E-state index in [0.717, 1.165) is 31.2 Å². The molecule has 0 saturated heterocycles. The maximum Gasteiger partial charge on any atom is 0.0728 e. The fourth-order valence-corrected chi connectivity index (χ4v) is 3.18. The van der Waals surface area contributed by atoms with Gasteiger partial charge in [0.15, 0.2) is 0 Å². The molecule has 1 atom stereocenters. The van der Waals surface area contributed by atoms with Gasteiger partial charge in [0.2, 0.25) is 0 Å². The van der Waals surface area contributed by atoms with Gasteiger partial charge in [0.05, 0.1) is 5.60 Å². The van der Waals surface area contributed by atoms with Crippen molar-refractivity contribution in [2.24, 2.45) is 0 Å². The van der Waals surface area contributed by atoms with Crippen LogP contribution in [0.1, 0.15) is 51.9 Å². The Labute approximate surface area is 120 Å². The molecule has 1 aliphatic rings. The van der Waals surface area contributed by atoms with Gasteiger partial charge in [-0.1, -0.05) is 49.1 Å². The first-order valence-corrected chi connectivity index (χ1v) is 7.26. The van der Waals surface area contributed by atoms with Crippen molar-refractivity contribution < 1.29 is 7.85 Å². The molecule has 0 unspecified atom stereocenters. The van der Waals surface area contributed by atoms with Crippen molar-refractivity contribution in [2.75, 3.05) is 20.6 Å². The van der Waals surface area contributed by atoms with Gasteiger partial charge >= 0.3 is 0 Å². The number of benzene rings is 1. The molecule has 2 heteroatoms. The van der Waals surface area contributed by atoms with Gasteiger partial charge in [-0.2, -0.15) is 0 Å². The van der Waals surface area contributed by atoms with E-state index >= 15 is 0 Å². The third-order valence-electron chi connectivity index (χ3n) is 4.32. The zero-order valence-electron chi connectivity index (χ0n) is 14.1. The van der Waals surface area contributed by atoms with Gasteiger partial charge in [0.25, 0.3) is 0 Å². The van der Waals surface area contributed by atoms with E-state index in [-0.39, 0.29) is 5.92 Å². The Morgan fingerprint density at radius 2 is 1.89 bits per heavy atom. The first-order valence-electron chi connectivity index (χ1n) is 8.41. The van der Waals surface area contributed by atoms with Crippen molar-refractivity contribution in [2.45, 2.75) is 50.5 Å². The average molecular weight is 263 g/mol. The van der Waals surface area contributed by atoms with Crippen molar-refractivity contribution >= 4 is 0 Å². The predicted octanol–water partition coefficient (Wildman–Crippen LogP) is 3.34. The van der Waals surface area contributed by atoms with Crippen LogP contribution in [0.5, 0.6) is 0 Å². The van der Waals surface area contributed by atoms with E-state index in [1.807, 2.05) is 0 Å². The zero-order valence-corrected chi connectivity index (χ0v) is 12.1. The molecule has 1 aliphatic carbocycles. The average Bonchev–Trinajstić information content (AvgIpc) is 2.46. The minimum absolute atomic E-state index is 0.0263. The molecule has 0 aliphatic heterocycles. The second-order valence-electron chi connectivity index (χ2n) is 6.07. The molecule has 2 rings (SSSR count). The molecule has 2 nitrogen and oxygen atoms in total. The molecule has 0 amide bonds. The number of rotatable bonds is 4. The lowest BCUT2D eigenvalue weighted by Crippen LogP contribution is -2.42. The summed E-state index contributed by atoms with van der Waals surface area (Å²) in [5, 5.41) is 11.1. The van der Waals surface area contributed by atoms with Gasteiger partial charge in [0, 0.05) is 15.2 Å². The Balaban J connectivity index is 2.27. The first kappa shape index (κ1) is 11.9. The van der Waals surface area contributed by atoms with E-state index in [1.54, 1.807) is 11.9 Å². The quantitative estimate of drug-likeness (QED) is 0.900. The topological polar surface area (TPSA) is 23.5 Å². The van der Waals surface area contributed by atoms with Crippen LogP contribution in [0, 0.1) is 6.92 Å². The number of hydrogen-bond acceptors (Lipinski definition) is 2. The SMILES string of the molecule is [2H]C([2H])N(C)C[C@H](c1ccc(C)cc1)C1(O)CCCCC1. The number of hydrogen-bond donors (Lipinski definition) is 1. The van der Waals surface area contributed by atoms with Gasteiger partial charge in [-0.15, -0.1) is 0 Å². The van der Waals surface area contributed by atoms with Crippen LogP contribution in [0.2, 0.25) is 0 Å². The van der Waals surface area contributed by atoms with E-state index in [1.165, 1.54) is 12.0 Å². The summed E-state index contributed by atoms with van der Waals surface area (Å²) in [6.07, 6.45) is 4.96. The molecule has 0 heterocycles. The summed E-state index contributed by atoms with van der Waals surface area (Å²) < 4.78 is 15.1. The van der Waals surface area contributed by atoms with Crippen LogP contribution in [0.4, 0.5) is 0 Å². The van der Waals surface area contributed by atoms with Gasteiger partial charge in [-0.3, -0.25) is 0 Å². The largest absolute Gasteiger partial charge is 0.389 e. The molecule has 1 saturated carbocycles. The van der Waals surface area contributed by atoms with Gasteiger partial charge in [-0.25, -0.2) is 0 Å². The molecular formula is C17H27NO. The third-order valence-corrected chi connectivity index (χ3v) is 4.32. The second kappa shape index (κ2) is 6.06. The highest BCUT2D eigenvalue weighted by molar-refractivity contribution is 5.27. The summed E-state index contributed by atoms with van der Waals surface area (Å²) in [5.74, 6) is -0.0263. The van der Waals surface area contributed by atoms with Crippen molar-refractivity contribution in [3.05, 3.63) is 35.4 Å². The monoisotopic (exact) mass is 263 g/mol. The summed E-state index contributed by atoms with van der Waals surface area (Å²) in [4.78, 5) is 1.69. The van der Waals surface area contributed by atoms with Crippen molar-refractivity contribution in [1.82, 2.24) is 4.90 Å². The molecular weight excluding hydrogens is 234 g/mol. The molecule has 0 spiro atoms. The van der Waals surface area contributed by atoms with E-state index in [4.69, 9.17) is 2.74 Å². The molecule has 106 valence electrons. The minimum Gasteiger partial charge on any atom is -0.389 e. The highest BCUT2D eigenvalue weighted by Crippen LogP contribution is 2.40. The summed E-state index contributed by atoms with van der Waals surface area (Å²) in [7, 11) is 1.79. The van der Waals surface area contributed by atoms with Crippen LogP contribution in [-0.4, -0.2) is 36.2 Å². The van der Waals surface area contributed by atoms with Crippen LogP contribution in [0.3, 0.4) is 0 Å². The Kier molecular flexibility index (Phi) is 3.80. The van der Waals surface area contributed by atoms with Crippen molar-refractivity contribution in [3.8, 4) is 0 Å². The van der Waals surface area contributed by atoms with Gasteiger partial charge in [0.1, 0.15) is 0 Å².